The molecule has 222 valence electrons. The lowest BCUT2D eigenvalue weighted by Gasteiger charge is -2.48. The minimum absolute atomic E-state index is 0.0997. The molecule has 9 heteroatoms. The van der Waals surface area contributed by atoms with Crippen LogP contribution < -0.4 is 5.32 Å². The molecular formula is C31H48ClN5O3. The maximum Gasteiger partial charge on any atom is 0.319 e. The van der Waals surface area contributed by atoms with Gasteiger partial charge in [-0.2, -0.15) is 0 Å². The number of carbonyl (C=O) groups excluding carboxylic acids is 3. The number of nitrogens with zero attached hydrogens (tertiary/aromatic N) is 4. The fourth-order valence-electron chi connectivity index (χ4n) is 6.85. The van der Waals surface area contributed by atoms with E-state index in [1.54, 1.807) is 11.8 Å². The summed E-state index contributed by atoms with van der Waals surface area (Å²) in [5, 5.41) is 4.36. The third-order valence-electron chi connectivity index (χ3n) is 9.13. The van der Waals surface area contributed by atoms with E-state index in [-0.39, 0.29) is 41.9 Å². The average Bonchev–Trinajstić information content (AvgIpc) is 2.95. The van der Waals surface area contributed by atoms with E-state index in [0.717, 1.165) is 37.7 Å². The highest BCUT2D eigenvalue weighted by atomic mass is 35.5. The van der Waals surface area contributed by atoms with Gasteiger partial charge in [-0.1, -0.05) is 49.9 Å². The summed E-state index contributed by atoms with van der Waals surface area (Å²) in [6, 6.07) is 8.10. The molecule has 0 spiro atoms. The number of carbonyl (C=O) groups is 3. The Kier molecular flexibility index (Phi) is 10.7. The lowest BCUT2D eigenvalue weighted by atomic mass is 9.87. The Morgan fingerprint density at radius 1 is 0.950 bits per heavy atom. The third-order valence-corrected chi connectivity index (χ3v) is 9.38. The molecule has 3 aliphatic rings. The van der Waals surface area contributed by atoms with Crippen LogP contribution in [0.2, 0.25) is 5.02 Å². The van der Waals surface area contributed by atoms with Crippen LogP contribution in [0, 0.1) is 5.92 Å². The zero-order valence-corrected chi connectivity index (χ0v) is 25.5. The first-order valence-corrected chi connectivity index (χ1v) is 15.6. The molecule has 1 aromatic carbocycles. The van der Waals surface area contributed by atoms with Crippen LogP contribution in [0.15, 0.2) is 24.3 Å². The number of hydrogen-bond donors (Lipinski definition) is 1. The number of benzene rings is 1. The molecule has 0 radical (unpaired) electrons. The normalized spacial score (nSPS) is 23.5. The monoisotopic (exact) mass is 573 g/mol. The first-order chi connectivity index (χ1) is 19.1. The van der Waals surface area contributed by atoms with Gasteiger partial charge in [-0.15, -0.1) is 0 Å². The van der Waals surface area contributed by atoms with Crippen molar-refractivity contribution in [2.75, 3.05) is 40.3 Å². The summed E-state index contributed by atoms with van der Waals surface area (Å²) in [6.07, 6.45) is 8.81. The fourth-order valence-corrected chi connectivity index (χ4v) is 6.97. The first kappa shape index (κ1) is 30.6. The molecule has 2 aliphatic heterocycles. The molecule has 1 aliphatic carbocycles. The predicted molar refractivity (Wildman–Crippen MR) is 159 cm³/mol. The summed E-state index contributed by atoms with van der Waals surface area (Å²) < 4.78 is 0. The Morgan fingerprint density at radius 2 is 1.57 bits per heavy atom. The molecule has 2 heterocycles. The zero-order valence-electron chi connectivity index (χ0n) is 24.8. The lowest BCUT2D eigenvalue weighted by molar-refractivity contribution is -0.137. The third kappa shape index (κ3) is 7.69. The van der Waals surface area contributed by atoms with Gasteiger partial charge in [-0.3, -0.25) is 9.59 Å². The van der Waals surface area contributed by atoms with Gasteiger partial charge in [-0.05, 0) is 62.1 Å². The van der Waals surface area contributed by atoms with E-state index in [1.165, 1.54) is 19.3 Å². The van der Waals surface area contributed by atoms with Crippen LogP contribution in [0.5, 0.6) is 0 Å². The van der Waals surface area contributed by atoms with Gasteiger partial charge in [0.05, 0.1) is 6.04 Å². The summed E-state index contributed by atoms with van der Waals surface area (Å²) in [5.41, 5.74) is 1.07. The van der Waals surface area contributed by atoms with Crippen molar-refractivity contribution >= 4 is 29.4 Å². The van der Waals surface area contributed by atoms with Crippen molar-refractivity contribution in [3.05, 3.63) is 34.9 Å². The number of nitrogens with one attached hydrogen (secondary N) is 1. The van der Waals surface area contributed by atoms with Gasteiger partial charge in [0.1, 0.15) is 0 Å². The van der Waals surface area contributed by atoms with E-state index in [2.05, 4.69) is 17.1 Å². The highest BCUT2D eigenvalue weighted by Crippen LogP contribution is 2.31. The Hall–Kier alpha value is -2.32. The van der Waals surface area contributed by atoms with Crippen molar-refractivity contribution in [2.45, 2.75) is 95.8 Å². The van der Waals surface area contributed by atoms with Gasteiger partial charge < -0.3 is 24.9 Å². The largest absolute Gasteiger partial charge is 0.343 e. The van der Waals surface area contributed by atoms with Crippen LogP contribution >= 0.6 is 11.6 Å². The lowest BCUT2D eigenvalue weighted by Crippen LogP contribution is -2.60. The van der Waals surface area contributed by atoms with Crippen molar-refractivity contribution in [3.63, 3.8) is 0 Å². The molecule has 3 atom stereocenters. The SMILES string of the molecule is CC(=O)N1CCC(N[C@@H](Cc2ccc(Cl)cc2)C(=O)N2CCC(N(C(=O)N(C)C)C3CCCCC3)C(C)C2)CC1. The summed E-state index contributed by atoms with van der Waals surface area (Å²) in [7, 11) is 3.69. The number of halogens is 1. The Bertz CT molecular complexity index is 1000. The number of amides is 4. The predicted octanol–water partition coefficient (Wildman–Crippen LogP) is 4.40. The van der Waals surface area contributed by atoms with Gasteiger partial charge in [0.15, 0.2) is 0 Å². The molecule has 4 rings (SSSR count). The molecule has 4 amide bonds. The van der Waals surface area contributed by atoms with Crippen LogP contribution in [0.25, 0.3) is 0 Å². The Balaban J connectivity index is 1.45. The van der Waals surface area contributed by atoms with Gasteiger partial charge >= 0.3 is 6.03 Å². The molecule has 0 aromatic heterocycles. The van der Waals surface area contributed by atoms with E-state index in [9.17, 15) is 14.4 Å². The quantitative estimate of drug-likeness (QED) is 0.524. The molecule has 8 nitrogen and oxygen atoms in total. The molecule has 1 N–H and O–H groups in total. The molecule has 0 bridgehead atoms. The number of hydrogen-bond acceptors (Lipinski definition) is 4. The molecule has 3 fully saturated rings. The molecular weight excluding hydrogens is 526 g/mol. The summed E-state index contributed by atoms with van der Waals surface area (Å²) in [4.78, 5) is 47.0. The van der Waals surface area contributed by atoms with Gasteiger partial charge in [-0.25, -0.2) is 4.79 Å². The summed E-state index contributed by atoms with van der Waals surface area (Å²) >= 11 is 6.13. The molecule has 1 saturated carbocycles. The number of rotatable bonds is 7. The van der Waals surface area contributed by atoms with Gasteiger partial charge in [0.25, 0.3) is 0 Å². The number of likely N-dealkylation sites (tertiary alicyclic amines) is 2. The van der Waals surface area contributed by atoms with E-state index in [1.807, 2.05) is 48.2 Å². The van der Waals surface area contributed by atoms with E-state index in [0.29, 0.717) is 43.7 Å². The second-order valence-corrected chi connectivity index (χ2v) is 12.8. The number of piperidine rings is 2. The topological polar surface area (TPSA) is 76.2 Å². The number of urea groups is 1. The van der Waals surface area contributed by atoms with Crippen LogP contribution in [0.4, 0.5) is 4.79 Å². The molecule has 2 saturated heterocycles. The van der Waals surface area contributed by atoms with Crippen LogP contribution in [0.3, 0.4) is 0 Å². The molecule has 40 heavy (non-hydrogen) atoms. The molecule has 1 aromatic rings. The van der Waals surface area contributed by atoms with Gasteiger partial charge in [0.2, 0.25) is 11.8 Å². The van der Waals surface area contributed by atoms with Crippen molar-refractivity contribution in [2.24, 2.45) is 5.92 Å². The standard InChI is InChI=1S/C31H48ClN5O3/c1-22-21-36(19-16-29(22)37(31(40)34(3)4)27-8-6-5-7-9-27)30(39)28(20-24-10-12-25(32)13-11-24)33-26-14-17-35(18-15-26)23(2)38/h10-13,22,26-29,33H,5-9,14-21H2,1-4H3/t22?,28-,29?/m0/s1. The average molecular weight is 574 g/mol. The minimum Gasteiger partial charge on any atom is -0.343 e. The van der Waals surface area contributed by atoms with Crippen LogP contribution in [-0.4, -0.2) is 102 Å². The van der Waals surface area contributed by atoms with Crippen molar-refractivity contribution < 1.29 is 14.4 Å². The summed E-state index contributed by atoms with van der Waals surface area (Å²) in [5.74, 6) is 0.426. The van der Waals surface area contributed by atoms with Crippen LogP contribution in [-0.2, 0) is 16.0 Å². The minimum atomic E-state index is -0.350. The van der Waals surface area contributed by atoms with Crippen molar-refractivity contribution in [3.8, 4) is 0 Å². The van der Waals surface area contributed by atoms with Crippen LogP contribution in [0.1, 0.15) is 70.8 Å². The highest BCUT2D eigenvalue weighted by molar-refractivity contribution is 6.30. The fraction of sp³-hybridized carbons (Fsp3) is 0.710. The molecule has 2 unspecified atom stereocenters. The summed E-state index contributed by atoms with van der Waals surface area (Å²) in [6.45, 7) is 6.55. The smallest absolute Gasteiger partial charge is 0.319 e. The Morgan fingerprint density at radius 3 is 2.15 bits per heavy atom. The second-order valence-electron chi connectivity index (χ2n) is 12.3. The maximum atomic E-state index is 14.1. The zero-order chi connectivity index (χ0) is 28.8. The van der Waals surface area contributed by atoms with Gasteiger partial charge in [0, 0.05) is 70.3 Å². The van der Waals surface area contributed by atoms with Crippen molar-refractivity contribution in [1.29, 1.82) is 0 Å². The van der Waals surface area contributed by atoms with E-state index >= 15 is 0 Å². The van der Waals surface area contributed by atoms with E-state index in [4.69, 9.17) is 11.6 Å². The highest BCUT2D eigenvalue weighted by Gasteiger charge is 2.40. The van der Waals surface area contributed by atoms with E-state index < -0.39 is 0 Å². The second kappa shape index (κ2) is 14.0. The maximum absolute atomic E-state index is 14.1. The Labute approximate surface area is 245 Å². The first-order valence-electron chi connectivity index (χ1n) is 15.2. The van der Waals surface area contributed by atoms with Crippen molar-refractivity contribution in [1.82, 2.24) is 24.9 Å².